The van der Waals surface area contributed by atoms with Gasteiger partial charge in [0.2, 0.25) is 5.43 Å². The van der Waals surface area contributed by atoms with Crippen LogP contribution in [0, 0.1) is 19.7 Å². The number of rotatable bonds is 7. The molecule has 1 aromatic carbocycles. The summed E-state index contributed by atoms with van der Waals surface area (Å²) in [6.45, 7) is 10.7. The number of hydrogen-bond donors (Lipinski definition) is 0. The monoisotopic (exact) mass is 607 g/mol. The molecule has 6 rings (SSSR count). The topological polar surface area (TPSA) is 98.4 Å². The molecule has 10 nitrogen and oxygen atoms in total. The molecule has 0 N–H and O–H groups in total. The van der Waals surface area contributed by atoms with Crippen molar-refractivity contribution in [2.75, 3.05) is 33.3 Å². The molecule has 1 amide bonds. The molecule has 12 heteroatoms. The largest absolute Gasteiger partial charge is 0.496 e. The number of halogens is 2. The smallest absolute Gasteiger partial charge is 0.259 e. The fourth-order valence-corrected chi connectivity index (χ4v) is 6.15. The Morgan fingerprint density at radius 3 is 2.53 bits per heavy atom. The minimum atomic E-state index is -0.670. The summed E-state index contributed by atoms with van der Waals surface area (Å²) in [6.07, 6.45) is 7.25. The van der Waals surface area contributed by atoms with E-state index in [1.165, 1.54) is 6.07 Å². The molecule has 226 valence electrons. The predicted octanol–water partition coefficient (Wildman–Crippen LogP) is 4.48. The van der Waals surface area contributed by atoms with E-state index in [4.69, 9.17) is 16.3 Å². The van der Waals surface area contributed by atoms with Gasteiger partial charge in [-0.05, 0) is 52.7 Å². The molecule has 1 aliphatic heterocycles. The molecule has 1 saturated heterocycles. The van der Waals surface area contributed by atoms with Crippen LogP contribution >= 0.6 is 11.6 Å². The second kappa shape index (κ2) is 11.0. The zero-order valence-electron chi connectivity index (χ0n) is 25.0. The number of amides is 1. The van der Waals surface area contributed by atoms with Gasteiger partial charge in [0, 0.05) is 61.1 Å². The Kier molecular flexibility index (Phi) is 7.50. The van der Waals surface area contributed by atoms with Crippen LogP contribution in [0.25, 0.3) is 10.9 Å². The molecule has 0 radical (unpaired) electrons. The van der Waals surface area contributed by atoms with E-state index in [-0.39, 0.29) is 27.9 Å². The second-order valence-corrected chi connectivity index (χ2v) is 12.4. The van der Waals surface area contributed by atoms with E-state index in [0.29, 0.717) is 38.2 Å². The van der Waals surface area contributed by atoms with Gasteiger partial charge in [0.15, 0.2) is 0 Å². The molecule has 3 aromatic heterocycles. The number of pyridine rings is 2. The number of carbonyl (C=O) groups is 1. The van der Waals surface area contributed by atoms with Gasteiger partial charge in [0.1, 0.15) is 22.8 Å². The lowest BCUT2D eigenvalue weighted by Crippen LogP contribution is -2.55. The summed E-state index contributed by atoms with van der Waals surface area (Å²) in [5.41, 5.74) is 3.34. The number of methoxy groups -OCH3 is 1. The fraction of sp³-hybridized carbons (Fsp3) is 0.452. The maximum absolute atomic E-state index is 14.3. The van der Waals surface area contributed by atoms with Crippen molar-refractivity contribution in [2.24, 2.45) is 0 Å². The lowest BCUT2D eigenvalue weighted by molar-refractivity contribution is 0.0377. The quantitative estimate of drug-likeness (QED) is 0.305. The van der Waals surface area contributed by atoms with Crippen molar-refractivity contribution in [2.45, 2.75) is 58.7 Å². The Balaban J connectivity index is 1.17. The molecule has 0 unspecified atom stereocenters. The van der Waals surface area contributed by atoms with E-state index in [9.17, 15) is 14.0 Å². The van der Waals surface area contributed by atoms with E-state index in [2.05, 4.69) is 34.0 Å². The summed E-state index contributed by atoms with van der Waals surface area (Å²) >= 11 is 6.03. The molecule has 4 aromatic rings. The van der Waals surface area contributed by atoms with Crippen molar-refractivity contribution in [1.29, 1.82) is 0 Å². The van der Waals surface area contributed by atoms with E-state index < -0.39 is 16.8 Å². The SMILES string of the molecule is COc1c(C)cnc(Cn2cc(C(C)(C)N3CCN(C(=O)c4cn(C5CC5)c5cc(Cl)c(F)cc5c4=O)CC3)nn2)c1C. The first kappa shape index (κ1) is 29.3. The van der Waals surface area contributed by atoms with Crippen LogP contribution in [0.4, 0.5) is 4.39 Å². The number of hydrogen-bond acceptors (Lipinski definition) is 7. The lowest BCUT2D eigenvalue weighted by atomic mass is 9.97. The first-order valence-corrected chi connectivity index (χ1v) is 14.8. The van der Waals surface area contributed by atoms with Crippen molar-refractivity contribution < 1.29 is 13.9 Å². The molecule has 4 heterocycles. The standard InChI is InChI=1S/C31H35ClFN7O3/c1-18-14-34-25(19(2)29(18)43-5)16-39-17-27(35-36-39)31(3,4)38-10-8-37(9-11-38)30(42)22-15-40(20-6-7-20)26-13-23(32)24(33)12-21(26)28(22)41/h12-15,17,20H,6-11,16H2,1-5H3. The molecule has 1 aliphatic carbocycles. The molecule has 0 spiro atoms. The summed E-state index contributed by atoms with van der Waals surface area (Å²) in [7, 11) is 1.66. The van der Waals surface area contributed by atoms with Crippen molar-refractivity contribution in [3.63, 3.8) is 0 Å². The van der Waals surface area contributed by atoms with Crippen LogP contribution < -0.4 is 10.2 Å². The van der Waals surface area contributed by atoms with Crippen LogP contribution in [0.2, 0.25) is 5.02 Å². The number of carbonyl (C=O) groups excluding carboxylic acids is 1. The van der Waals surface area contributed by atoms with Gasteiger partial charge < -0.3 is 14.2 Å². The van der Waals surface area contributed by atoms with E-state index in [1.54, 1.807) is 29.1 Å². The zero-order chi connectivity index (χ0) is 30.6. The van der Waals surface area contributed by atoms with Crippen molar-refractivity contribution >= 4 is 28.4 Å². The van der Waals surface area contributed by atoms with Crippen LogP contribution in [0.15, 0.2) is 35.5 Å². The van der Waals surface area contributed by atoms with Gasteiger partial charge >= 0.3 is 0 Å². The fourth-order valence-electron chi connectivity index (χ4n) is 5.99. The number of nitrogens with zero attached hydrogens (tertiary/aromatic N) is 7. The number of ether oxygens (including phenoxy) is 1. The van der Waals surface area contributed by atoms with Crippen molar-refractivity contribution in [1.82, 2.24) is 34.3 Å². The van der Waals surface area contributed by atoms with E-state index in [0.717, 1.165) is 47.2 Å². The number of benzene rings is 1. The van der Waals surface area contributed by atoms with Gasteiger partial charge in [-0.1, -0.05) is 16.8 Å². The highest BCUT2D eigenvalue weighted by Gasteiger charge is 2.36. The second-order valence-electron chi connectivity index (χ2n) is 12.0. The van der Waals surface area contributed by atoms with Gasteiger partial charge in [-0.25, -0.2) is 9.07 Å². The van der Waals surface area contributed by atoms with E-state index in [1.807, 2.05) is 24.6 Å². The Bertz CT molecular complexity index is 1790. The van der Waals surface area contributed by atoms with E-state index >= 15 is 0 Å². The number of piperazine rings is 1. The maximum atomic E-state index is 14.3. The predicted molar refractivity (Wildman–Crippen MR) is 161 cm³/mol. The van der Waals surface area contributed by atoms with Gasteiger partial charge in [0.25, 0.3) is 5.91 Å². The Morgan fingerprint density at radius 1 is 1.14 bits per heavy atom. The number of fused-ring (bicyclic) bond motifs is 1. The van der Waals surface area contributed by atoms with Gasteiger partial charge in [-0.2, -0.15) is 0 Å². The highest BCUT2D eigenvalue weighted by Crippen LogP contribution is 2.38. The molecule has 0 bridgehead atoms. The summed E-state index contributed by atoms with van der Waals surface area (Å²) in [5.74, 6) is -0.183. The highest BCUT2D eigenvalue weighted by atomic mass is 35.5. The maximum Gasteiger partial charge on any atom is 0.259 e. The third-order valence-corrected chi connectivity index (χ3v) is 9.12. The average molecular weight is 608 g/mol. The number of aromatic nitrogens is 5. The minimum Gasteiger partial charge on any atom is -0.496 e. The summed E-state index contributed by atoms with van der Waals surface area (Å²) in [5, 5.41) is 8.99. The summed E-state index contributed by atoms with van der Waals surface area (Å²) < 4.78 is 23.6. The van der Waals surface area contributed by atoms with Gasteiger partial charge in [0.05, 0.1) is 41.6 Å². The first-order chi connectivity index (χ1) is 20.5. The third kappa shape index (κ3) is 5.29. The van der Waals surface area contributed by atoms with Crippen LogP contribution in [0.5, 0.6) is 5.75 Å². The van der Waals surface area contributed by atoms with Crippen LogP contribution in [0.1, 0.15) is 65.6 Å². The first-order valence-electron chi connectivity index (χ1n) is 14.5. The molecular weight excluding hydrogens is 573 g/mol. The average Bonchev–Trinajstić information content (AvgIpc) is 3.72. The normalized spacial score (nSPS) is 16.2. The van der Waals surface area contributed by atoms with Crippen LogP contribution in [-0.2, 0) is 12.1 Å². The minimum absolute atomic E-state index is 0.0405. The van der Waals surface area contributed by atoms with Gasteiger partial charge in [-0.3, -0.25) is 19.5 Å². The van der Waals surface area contributed by atoms with Crippen molar-refractivity contribution in [3.05, 3.63) is 79.9 Å². The molecular formula is C31H35ClFN7O3. The Hall–Kier alpha value is -3.83. The molecule has 1 saturated carbocycles. The Labute approximate surface area is 254 Å². The number of aryl methyl sites for hydroxylation is 1. The lowest BCUT2D eigenvalue weighted by Gasteiger charge is -2.43. The third-order valence-electron chi connectivity index (χ3n) is 8.83. The molecule has 2 fully saturated rings. The summed E-state index contributed by atoms with van der Waals surface area (Å²) in [4.78, 5) is 35.6. The van der Waals surface area contributed by atoms with Crippen LogP contribution in [0.3, 0.4) is 0 Å². The van der Waals surface area contributed by atoms with Crippen LogP contribution in [-0.4, -0.2) is 73.5 Å². The Morgan fingerprint density at radius 2 is 1.86 bits per heavy atom. The molecule has 2 aliphatic rings. The van der Waals surface area contributed by atoms with Crippen molar-refractivity contribution in [3.8, 4) is 5.75 Å². The zero-order valence-corrected chi connectivity index (χ0v) is 25.8. The van der Waals surface area contributed by atoms with Gasteiger partial charge in [-0.15, -0.1) is 5.10 Å². The molecule has 0 atom stereocenters. The molecule has 43 heavy (non-hydrogen) atoms. The highest BCUT2D eigenvalue weighted by molar-refractivity contribution is 6.31. The summed E-state index contributed by atoms with van der Waals surface area (Å²) in [6, 6.07) is 2.80.